The Labute approximate surface area is 244 Å². The van der Waals surface area contributed by atoms with E-state index in [2.05, 4.69) is 144 Å². The zero-order valence-electron chi connectivity index (χ0n) is 23.2. The Kier molecular flexibility index (Phi) is 5.68. The average molecular weight is 538 g/mol. The maximum Gasteiger partial charge on any atom is 0.111 e. The van der Waals surface area contributed by atoms with Gasteiger partial charge in [0.1, 0.15) is 5.82 Å². The van der Waals surface area contributed by atoms with Crippen LogP contribution in [0.25, 0.3) is 71.6 Å². The molecule has 0 N–H and O–H groups in total. The third-order valence-corrected chi connectivity index (χ3v) is 8.24. The van der Waals surface area contributed by atoms with Crippen LogP contribution in [-0.2, 0) is 0 Å². The lowest BCUT2D eigenvalue weighted by Gasteiger charge is -2.18. The molecular formula is C39H27N3. The van der Waals surface area contributed by atoms with Crippen molar-refractivity contribution in [3.63, 3.8) is 0 Å². The van der Waals surface area contributed by atoms with Gasteiger partial charge in [-0.25, -0.2) is 4.98 Å². The number of nitrogens with zero attached hydrogens (tertiary/aromatic N) is 3. The Balaban J connectivity index is 1.34. The van der Waals surface area contributed by atoms with E-state index >= 15 is 0 Å². The minimum atomic E-state index is 0.984. The summed E-state index contributed by atoms with van der Waals surface area (Å²) in [5.74, 6) is 0.984. The van der Waals surface area contributed by atoms with Crippen LogP contribution in [0.2, 0.25) is 0 Å². The van der Waals surface area contributed by atoms with Gasteiger partial charge in [-0.05, 0) is 104 Å². The summed E-state index contributed by atoms with van der Waals surface area (Å²) >= 11 is 0. The fourth-order valence-electron chi connectivity index (χ4n) is 6.40. The first-order valence-corrected chi connectivity index (χ1v) is 14.3. The van der Waals surface area contributed by atoms with Crippen molar-refractivity contribution in [2.24, 2.45) is 0 Å². The number of benzene rings is 6. The van der Waals surface area contributed by atoms with Gasteiger partial charge < -0.3 is 0 Å². The minimum Gasteiger partial charge on any atom is -0.297 e. The van der Waals surface area contributed by atoms with Crippen LogP contribution in [0.1, 0.15) is 5.82 Å². The van der Waals surface area contributed by atoms with Crippen molar-refractivity contribution in [1.82, 2.24) is 14.5 Å². The molecule has 0 aliphatic carbocycles. The number of imidazole rings is 1. The fraction of sp³-hybridized carbons (Fsp3) is 0.0256. The van der Waals surface area contributed by atoms with Gasteiger partial charge in [0, 0.05) is 18.1 Å². The van der Waals surface area contributed by atoms with Crippen LogP contribution in [-0.4, -0.2) is 14.5 Å². The molecule has 0 unspecified atom stereocenters. The van der Waals surface area contributed by atoms with Gasteiger partial charge >= 0.3 is 0 Å². The molecule has 0 aliphatic heterocycles. The van der Waals surface area contributed by atoms with Crippen molar-refractivity contribution < 1.29 is 0 Å². The normalized spacial score (nSPS) is 11.5. The zero-order valence-corrected chi connectivity index (χ0v) is 23.2. The van der Waals surface area contributed by atoms with Crippen LogP contribution in [0.15, 0.2) is 146 Å². The second kappa shape index (κ2) is 9.83. The number of aryl methyl sites for hydroxylation is 1. The van der Waals surface area contributed by atoms with Crippen LogP contribution in [0.4, 0.5) is 0 Å². The first-order chi connectivity index (χ1) is 20.8. The molecule has 198 valence electrons. The molecule has 42 heavy (non-hydrogen) atoms. The van der Waals surface area contributed by atoms with E-state index in [-0.39, 0.29) is 0 Å². The molecule has 8 rings (SSSR count). The predicted octanol–water partition coefficient (Wildman–Crippen LogP) is 10.0. The number of aromatic nitrogens is 3. The molecule has 0 spiro atoms. The van der Waals surface area contributed by atoms with Crippen molar-refractivity contribution in [2.45, 2.75) is 6.92 Å². The number of hydrogen-bond donors (Lipinski definition) is 0. The molecule has 0 fully saturated rings. The maximum atomic E-state index is 4.78. The number of rotatable bonds is 4. The summed E-state index contributed by atoms with van der Waals surface area (Å²) in [6, 6.07) is 47.8. The topological polar surface area (TPSA) is 30.7 Å². The summed E-state index contributed by atoms with van der Waals surface area (Å²) in [4.78, 5) is 8.98. The van der Waals surface area contributed by atoms with Crippen LogP contribution in [0, 0.1) is 6.92 Å². The summed E-state index contributed by atoms with van der Waals surface area (Å²) in [6.45, 7) is 2.07. The smallest absolute Gasteiger partial charge is 0.111 e. The van der Waals surface area contributed by atoms with Gasteiger partial charge in [0.2, 0.25) is 0 Å². The van der Waals surface area contributed by atoms with E-state index in [0.717, 1.165) is 28.1 Å². The van der Waals surface area contributed by atoms with Gasteiger partial charge in [-0.2, -0.15) is 0 Å². The van der Waals surface area contributed by atoms with Crippen molar-refractivity contribution in [3.8, 4) is 39.1 Å². The standard InChI is InChI=1S/C39H27N3/c1-26-41-36-15-6-7-16-37(36)42(26)31-19-17-28(18-20-31)38-32-11-2-4-13-34(32)39(35-14-5-3-12-33(35)38)30-10-8-9-29(25-30)27-21-23-40-24-22-27/h2-25H,1H3. The largest absolute Gasteiger partial charge is 0.297 e. The molecule has 0 atom stereocenters. The van der Waals surface area contributed by atoms with Gasteiger partial charge in [0.25, 0.3) is 0 Å². The molecule has 2 heterocycles. The molecule has 6 aromatic carbocycles. The quantitative estimate of drug-likeness (QED) is 0.209. The van der Waals surface area contributed by atoms with Gasteiger partial charge in [0.05, 0.1) is 11.0 Å². The number of fused-ring (bicyclic) bond motifs is 3. The van der Waals surface area contributed by atoms with E-state index in [9.17, 15) is 0 Å². The molecule has 0 aliphatic rings. The Morgan fingerprint density at radius 3 is 1.71 bits per heavy atom. The molecule has 8 aromatic rings. The fourth-order valence-corrected chi connectivity index (χ4v) is 6.40. The summed E-state index contributed by atoms with van der Waals surface area (Å²) in [6.07, 6.45) is 3.70. The molecule has 0 amide bonds. The van der Waals surface area contributed by atoms with E-state index in [1.807, 2.05) is 18.5 Å². The number of hydrogen-bond acceptors (Lipinski definition) is 2. The second-order valence-electron chi connectivity index (χ2n) is 10.7. The Hall–Kier alpha value is -5.54. The zero-order chi connectivity index (χ0) is 28.0. The van der Waals surface area contributed by atoms with Gasteiger partial charge in [-0.1, -0.05) is 91.0 Å². The molecule has 3 nitrogen and oxygen atoms in total. The first-order valence-electron chi connectivity index (χ1n) is 14.3. The summed E-state index contributed by atoms with van der Waals surface area (Å²) in [5.41, 5.74) is 10.5. The molecule has 0 bridgehead atoms. The van der Waals surface area contributed by atoms with Crippen molar-refractivity contribution in [3.05, 3.63) is 152 Å². The van der Waals surface area contributed by atoms with E-state index in [0.29, 0.717) is 0 Å². The molecule has 0 saturated carbocycles. The summed E-state index contributed by atoms with van der Waals surface area (Å²) < 4.78 is 2.23. The highest BCUT2D eigenvalue weighted by molar-refractivity contribution is 6.21. The second-order valence-corrected chi connectivity index (χ2v) is 10.7. The summed E-state index contributed by atoms with van der Waals surface area (Å²) in [7, 11) is 0. The van der Waals surface area contributed by atoms with E-state index in [1.54, 1.807) is 0 Å². The number of pyridine rings is 1. The van der Waals surface area contributed by atoms with Gasteiger partial charge in [-0.15, -0.1) is 0 Å². The first kappa shape index (κ1) is 24.3. The Morgan fingerprint density at radius 1 is 0.476 bits per heavy atom. The van der Waals surface area contributed by atoms with Crippen LogP contribution >= 0.6 is 0 Å². The molecule has 2 aromatic heterocycles. The van der Waals surface area contributed by atoms with Crippen molar-refractivity contribution in [2.75, 3.05) is 0 Å². The van der Waals surface area contributed by atoms with E-state index < -0.39 is 0 Å². The maximum absolute atomic E-state index is 4.78. The van der Waals surface area contributed by atoms with E-state index in [1.165, 1.54) is 49.4 Å². The molecule has 0 radical (unpaired) electrons. The molecule has 3 heteroatoms. The van der Waals surface area contributed by atoms with Gasteiger partial charge in [0.15, 0.2) is 0 Å². The van der Waals surface area contributed by atoms with Crippen molar-refractivity contribution >= 4 is 32.6 Å². The average Bonchev–Trinajstić information content (AvgIpc) is 3.39. The SMILES string of the molecule is Cc1nc2ccccc2n1-c1ccc(-c2c3ccccc3c(-c3cccc(-c4ccncc4)c3)c3ccccc23)cc1. The van der Waals surface area contributed by atoms with Crippen LogP contribution in [0.5, 0.6) is 0 Å². The lowest BCUT2D eigenvalue weighted by molar-refractivity contribution is 1.00. The van der Waals surface area contributed by atoms with Crippen molar-refractivity contribution in [1.29, 1.82) is 0 Å². The predicted molar refractivity (Wildman–Crippen MR) is 175 cm³/mol. The Bertz CT molecular complexity index is 2190. The van der Waals surface area contributed by atoms with Crippen LogP contribution in [0.3, 0.4) is 0 Å². The Morgan fingerprint density at radius 2 is 1.05 bits per heavy atom. The van der Waals surface area contributed by atoms with Gasteiger partial charge in [-0.3, -0.25) is 9.55 Å². The third-order valence-electron chi connectivity index (χ3n) is 8.24. The highest BCUT2D eigenvalue weighted by Crippen LogP contribution is 2.44. The lowest BCUT2D eigenvalue weighted by atomic mass is 9.85. The minimum absolute atomic E-state index is 0.984. The number of para-hydroxylation sites is 2. The monoisotopic (exact) mass is 537 g/mol. The van der Waals surface area contributed by atoms with Crippen LogP contribution < -0.4 is 0 Å². The molecular weight excluding hydrogens is 510 g/mol. The molecule has 0 saturated heterocycles. The highest BCUT2D eigenvalue weighted by Gasteiger charge is 2.17. The summed E-state index contributed by atoms with van der Waals surface area (Å²) in [5, 5.41) is 4.99. The highest BCUT2D eigenvalue weighted by atomic mass is 15.1. The van der Waals surface area contributed by atoms with E-state index in [4.69, 9.17) is 4.98 Å². The third kappa shape index (κ3) is 3.90. The lowest BCUT2D eigenvalue weighted by Crippen LogP contribution is -1.97.